The molecule has 0 spiro atoms. The molecule has 28 heavy (non-hydrogen) atoms. The Hall–Kier alpha value is -2.89. The average Bonchev–Trinajstić information content (AvgIpc) is 3.18. The largest absolute Gasteiger partial charge is 0.487 e. The molecule has 0 N–H and O–H groups in total. The zero-order chi connectivity index (χ0) is 19.7. The molecule has 3 heterocycles. The Labute approximate surface area is 165 Å². The van der Waals surface area contributed by atoms with Crippen LogP contribution >= 0.6 is 0 Å². The van der Waals surface area contributed by atoms with Gasteiger partial charge in [-0.25, -0.2) is 0 Å². The maximum Gasteiger partial charge on any atom is 0.227 e. The van der Waals surface area contributed by atoms with Gasteiger partial charge < -0.3 is 14.5 Å². The number of para-hydroxylation sites is 1. The molecule has 0 aliphatic carbocycles. The van der Waals surface area contributed by atoms with Crippen LogP contribution in [0.4, 0.5) is 5.69 Å². The molecule has 1 fully saturated rings. The molecule has 0 saturated carbocycles. The summed E-state index contributed by atoms with van der Waals surface area (Å²) in [6.45, 7) is 3.24. The number of amides is 2. The van der Waals surface area contributed by atoms with Crippen LogP contribution in [-0.4, -0.2) is 47.9 Å². The zero-order valence-corrected chi connectivity index (χ0v) is 16.4. The van der Waals surface area contributed by atoms with Crippen molar-refractivity contribution in [2.24, 2.45) is 0 Å². The summed E-state index contributed by atoms with van der Waals surface area (Å²) in [5.41, 5.74) is 4.05. The number of pyridine rings is 1. The second-order valence-electron chi connectivity index (χ2n) is 7.40. The molecule has 2 aliphatic rings. The maximum absolute atomic E-state index is 12.2. The Morgan fingerprint density at radius 2 is 2.14 bits per heavy atom. The Morgan fingerprint density at radius 1 is 1.29 bits per heavy atom. The van der Waals surface area contributed by atoms with Crippen LogP contribution in [0.25, 0.3) is 11.1 Å². The highest BCUT2D eigenvalue weighted by Gasteiger charge is 2.27. The van der Waals surface area contributed by atoms with Crippen molar-refractivity contribution in [3.63, 3.8) is 0 Å². The van der Waals surface area contributed by atoms with E-state index in [0.29, 0.717) is 25.1 Å². The van der Waals surface area contributed by atoms with Crippen molar-refractivity contribution < 1.29 is 14.3 Å². The number of aromatic nitrogens is 1. The van der Waals surface area contributed by atoms with Crippen LogP contribution in [0.2, 0.25) is 0 Å². The van der Waals surface area contributed by atoms with Gasteiger partial charge >= 0.3 is 0 Å². The first kappa shape index (κ1) is 18.5. The van der Waals surface area contributed by atoms with Crippen molar-refractivity contribution in [3.8, 4) is 16.9 Å². The Bertz CT molecular complexity index is 912. The molecule has 2 aromatic rings. The second kappa shape index (κ2) is 7.62. The molecule has 0 unspecified atom stereocenters. The lowest BCUT2D eigenvalue weighted by Crippen LogP contribution is -2.31. The minimum atomic E-state index is -0.0125. The number of hydrogen-bond donors (Lipinski definition) is 0. The van der Waals surface area contributed by atoms with Gasteiger partial charge in [-0.05, 0) is 18.1 Å². The predicted molar refractivity (Wildman–Crippen MR) is 107 cm³/mol. The lowest BCUT2D eigenvalue weighted by atomic mass is 9.94. The molecule has 6 heteroatoms. The predicted octanol–water partition coefficient (Wildman–Crippen LogP) is 3.05. The fourth-order valence-electron chi connectivity index (χ4n) is 4.05. The molecule has 6 nitrogen and oxygen atoms in total. The normalized spacial score (nSPS) is 18.9. The van der Waals surface area contributed by atoms with E-state index in [0.717, 1.165) is 36.2 Å². The number of ether oxygens (including phenoxy) is 1. The van der Waals surface area contributed by atoms with Gasteiger partial charge in [0.25, 0.3) is 0 Å². The van der Waals surface area contributed by atoms with Gasteiger partial charge in [0, 0.05) is 50.2 Å². The molecule has 4 rings (SSSR count). The number of aryl methyl sites for hydroxylation is 1. The van der Waals surface area contributed by atoms with Gasteiger partial charge in [0.1, 0.15) is 11.9 Å². The monoisotopic (exact) mass is 379 g/mol. The van der Waals surface area contributed by atoms with Crippen LogP contribution in [0.3, 0.4) is 0 Å². The summed E-state index contributed by atoms with van der Waals surface area (Å²) in [6, 6.07) is 8.09. The van der Waals surface area contributed by atoms with Crippen molar-refractivity contribution in [1.29, 1.82) is 0 Å². The number of carbonyl (C=O) groups excluding carboxylic acids is 2. The van der Waals surface area contributed by atoms with Crippen LogP contribution in [0.1, 0.15) is 31.7 Å². The van der Waals surface area contributed by atoms with E-state index in [1.54, 1.807) is 17.3 Å². The number of rotatable bonds is 4. The highest BCUT2D eigenvalue weighted by molar-refractivity contribution is 6.00. The number of hydrogen-bond acceptors (Lipinski definition) is 4. The lowest BCUT2D eigenvalue weighted by molar-refractivity contribution is -0.130. The van der Waals surface area contributed by atoms with Gasteiger partial charge in [-0.15, -0.1) is 0 Å². The molecule has 1 aromatic carbocycles. The third kappa shape index (κ3) is 3.46. The van der Waals surface area contributed by atoms with Gasteiger partial charge in [-0.2, -0.15) is 0 Å². The highest BCUT2D eigenvalue weighted by Crippen LogP contribution is 2.37. The van der Waals surface area contributed by atoms with Crippen molar-refractivity contribution in [3.05, 3.63) is 42.2 Å². The van der Waals surface area contributed by atoms with Crippen LogP contribution in [0.15, 0.2) is 36.7 Å². The number of likely N-dealkylation sites (tertiary alicyclic amines) is 1. The lowest BCUT2D eigenvalue weighted by Gasteiger charge is -2.28. The number of carbonyl (C=O) groups is 2. The summed E-state index contributed by atoms with van der Waals surface area (Å²) < 4.78 is 6.12. The fourth-order valence-corrected chi connectivity index (χ4v) is 4.05. The Kier molecular flexibility index (Phi) is 5.03. The zero-order valence-electron chi connectivity index (χ0n) is 16.4. The molecule has 0 radical (unpaired) electrons. The third-order valence-corrected chi connectivity index (χ3v) is 5.56. The van der Waals surface area contributed by atoms with E-state index in [-0.39, 0.29) is 17.9 Å². The van der Waals surface area contributed by atoms with E-state index in [1.165, 1.54) is 5.56 Å². The van der Waals surface area contributed by atoms with Crippen molar-refractivity contribution in [1.82, 2.24) is 9.88 Å². The van der Waals surface area contributed by atoms with E-state index in [9.17, 15) is 9.59 Å². The topological polar surface area (TPSA) is 62.7 Å². The smallest absolute Gasteiger partial charge is 0.227 e. The fraction of sp³-hybridized carbons (Fsp3) is 0.409. The molecular formula is C22H25N3O3. The quantitative estimate of drug-likeness (QED) is 0.819. The van der Waals surface area contributed by atoms with E-state index in [2.05, 4.69) is 11.1 Å². The van der Waals surface area contributed by atoms with E-state index in [4.69, 9.17) is 4.74 Å². The molecule has 1 aromatic heterocycles. The summed E-state index contributed by atoms with van der Waals surface area (Å²) in [5.74, 6) is 0.990. The maximum atomic E-state index is 12.2. The van der Waals surface area contributed by atoms with Crippen LogP contribution < -0.4 is 9.64 Å². The Balaban J connectivity index is 1.57. The molecule has 0 bridgehead atoms. The van der Waals surface area contributed by atoms with Gasteiger partial charge in [0.05, 0.1) is 18.4 Å². The molecule has 2 amide bonds. The van der Waals surface area contributed by atoms with Gasteiger partial charge in [0.15, 0.2) is 0 Å². The third-order valence-electron chi connectivity index (χ3n) is 5.56. The SMILES string of the molecule is CCC(=O)N1CC[C@H](Oc2cncc(-c3cccc4c3N(C)C(=O)CC4)c2)C1. The minimum absolute atomic E-state index is 0.0125. The summed E-state index contributed by atoms with van der Waals surface area (Å²) in [5, 5.41) is 0. The van der Waals surface area contributed by atoms with Crippen LogP contribution in [0, 0.1) is 0 Å². The van der Waals surface area contributed by atoms with Crippen molar-refractivity contribution >= 4 is 17.5 Å². The van der Waals surface area contributed by atoms with Crippen molar-refractivity contribution in [2.75, 3.05) is 25.0 Å². The Morgan fingerprint density at radius 3 is 2.96 bits per heavy atom. The summed E-state index contributed by atoms with van der Waals surface area (Å²) in [6.07, 6.45) is 6.15. The van der Waals surface area contributed by atoms with Crippen LogP contribution in [0.5, 0.6) is 5.75 Å². The van der Waals surface area contributed by atoms with Gasteiger partial charge in [-0.1, -0.05) is 25.1 Å². The molecular weight excluding hydrogens is 354 g/mol. The number of benzene rings is 1. The van der Waals surface area contributed by atoms with E-state index in [1.807, 2.05) is 37.1 Å². The average molecular weight is 379 g/mol. The van der Waals surface area contributed by atoms with Gasteiger partial charge in [-0.3, -0.25) is 14.6 Å². The molecule has 1 atom stereocenters. The van der Waals surface area contributed by atoms with Crippen LogP contribution in [-0.2, 0) is 16.0 Å². The molecule has 1 saturated heterocycles. The minimum Gasteiger partial charge on any atom is -0.487 e. The first-order valence-electron chi connectivity index (χ1n) is 9.85. The molecule has 2 aliphatic heterocycles. The summed E-state index contributed by atoms with van der Waals surface area (Å²) in [7, 11) is 1.83. The summed E-state index contributed by atoms with van der Waals surface area (Å²) >= 11 is 0. The summed E-state index contributed by atoms with van der Waals surface area (Å²) in [4.78, 5) is 32.0. The van der Waals surface area contributed by atoms with E-state index < -0.39 is 0 Å². The van der Waals surface area contributed by atoms with E-state index >= 15 is 0 Å². The first-order valence-corrected chi connectivity index (χ1v) is 9.85. The highest BCUT2D eigenvalue weighted by atomic mass is 16.5. The number of fused-ring (bicyclic) bond motifs is 1. The number of anilines is 1. The van der Waals surface area contributed by atoms with Gasteiger partial charge in [0.2, 0.25) is 11.8 Å². The first-order chi connectivity index (χ1) is 13.6. The van der Waals surface area contributed by atoms with Crippen molar-refractivity contribution in [2.45, 2.75) is 38.7 Å². The number of nitrogens with zero attached hydrogens (tertiary/aromatic N) is 3. The second-order valence-corrected chi connectivity index (χ2v) is 7.40. The molecule has 146 valence electrons. The standard InChI is InChI=1S/C22H25N3O3/c1-3-20(26)25-10-9-17(14-25)28-18-11-16(12-23-13-18)19-6-4-5-15-7-8-21(27)24(2)22(15)19/h4-6,11-13,17H,3,7-10,14H2,1-2H3/t17-/m0/s1.